The zero-order valence-electron chi connectivity index (χ0n) is 20.3. The molecule has 0 bridgehead atoms. The van der Waals surface area contributed by atoms with E-state index in [0.29, 0.717) is 23.3 Å². The van der Waals surface area contributed by atoms with E-state index in [9.17, 15) is 15.2 Å². The predicted molar refractivity (Wildman–Crippen MR) is 135 cm³/mol. The summed E-state index contributed by atoms with van der Waals surface area (Å²) in [5, 5.41) is 20.9. The Balaban J connectivity index is 1.36. The van der Waals surface area contributed by atoms with Crippen LogP contribution in [0, 0.1) is 32.1 Å². The number of β-amino-alcohol motifs (C(OH)–C–C–N with tert-alkyl or cyclic N) is 1. The number of aliphatic hydroxyl groups is 1. The second kappa shape index (κ2) is 9.13. The minimum atomic E-state index is -0.666. The maximum atomic E-state index is 12.8. The number of aryl methyl sites for hydroxylation is 3. The van der Waals surface area contributed by atoms with E-state index in [-0.39, 0.29) is 12.1 Å². The molecule has 1 aliphatic heterocycles. The van der Waals surface area contributed by atoms with Gasteiger partial charge in [0.15, 0.2) is 0 Å². The molecule has 9 nitrogen and oxygen atoms in total. The van der Waals surface area contributed by atoms with Gasteiger partial charge in [0.05, 0.1) is 29.2 Å². The molecule has 1 aromatic carbocycles. The highest BCUT2D eigenvalue weighted by Crippen LogP contribution is 2.24. The average molecular weight is 472 g/mol. The van der Waals surface area contributed by atoms with Crippen molar-refractivity contribution in [1.82, 2.24) is 23.8 Å². The molecule has 3 aromatic heterocycles. The molecule has 4 heterocycles. The molecule has 5 rings (SSSR count). The summed E-state index contributed by atoms with van der Waals surface area (Å²) in [7, 11) is 0. The van der Waals surface area contributed by atoms with Crippen molar-refractivity contribution in [2.24, 2.45) is 0 Å². The van der Waals surface area contributed by atoms with Gasteiger partial charge in [-0.25, -0.2) is 9.97 Å². The molecule has 35 heavy (non-hydrogen) atoms. The number of hydrogen-bond acceptors (Lipinski definition) is 7. The van der Waals surface area contributed by atoms with Crippen LogP contribution in [0.15, 0.2) is 41.2 Å². The molecule has 0 aliphatic carbocycles. The van der Waals surface area contributed by atoms with Crippen LogP contribution in [0.25, 0.3) is 16.7 Å². The second-order valence-electron chi connectivity index (χ2n) is 9.30. The number of anilines is 1. The van der Waals surface area contributed by atoms with Crippen molar-refractivity contribution in [1.29, 1.82) is 5.26 Å². The maximum absolute atomic E-state index is 12.8. The van der Waals surface area contributed by atoms with E-state index in [2.05, 4.69) is 25.8 Å². The third kappa shape index (κ3) is 4.27. The molecule has 180 valence electrons. The molecule has 4 aromatic rings. The molecule has 0 amide bonds. The van der Waals surface area contributed by atoms with Crippen molar-refractivity contribution in [3.05, 3.63) is 69.3 Å². The number of pyridine rings is 1. The number of benzene rings is 1. The summed E-state index contributed by atoms with van der Waals surface area (Å²) >= 11 is 0. The topological polar surface area (TPSA) is 103 Å². The number of aliphatic hydroxyl groups excluding tert-OH is 1. The van der Waals surface area contributed by atoms with E-state index in [4.69, 9.17) is 0 Å². The number of piperazine rings is 1. The fourth-order valence-corrected chi connectivity index (χ4v) is 5.07. The highest BCUT2D eigenvalue weighted by atomic mass is 16.3. The van der Waals surface area contributed by atoms with Gasteiger partial charge in [0.25, 0.3) is 5.56 Å². The molecule has 9 heteroatoms. The van der Waals surface area contributed by atoms with Crippen molar-refractivity contribution < 1.29 is 5.11 Å². The van der Waals surface area contributed by atoms with E-state index in [1.54, 1.807) is 11.3 Å². The molecule has 0 spiro atoms. The Hall–Kier alpha value is -3.74. The van der Waals surface area contributed by atoms with E-state index >= 15 is 0 Å². The minimum Gasteiger partial charge on any atom is -0.390 e. The number of nitrogens with zero attached hydrogens (tertiary/aromatic N) is 7. The van der Waals surface area contributed by atoms with Crippen LogP contribution in [0.4, 0.5) is 5.95 Å². The first-order valence-corrected chi connectivity index (χ1v) is 11.9. The summed E-state index contributed by atoms with van der Waals surface area (Å²) in [4.78, 5) is 26.4. The Kier molecular flexibility index (Phi) is 6.01. The first-order valence-electron chi connectivity index (χ1n) is 11.9. The number of rotatable bonds is 5. The normalized spacial score (nSPS) is 15.6. The lowest BCUT2D eigenvalue weighted by molar-refractivity contribution is 0.0966. The van der Waals surface area contributed by atoms with Crippen molar-refractivity contribution in [2.75, 3.05) is 37.6 Å². The zero-order chi connectivity index (χ0) is 24.7. The van der Waals surface area contributed by atoms with Crippen molar-refractivity contribution in [2.45, 2.75) is 33.4 Å². The van der Waals surface area contributed by atoms with Crippen LogP contribution in [0.1, 0.15) is 22.5 Å². The molecule has 1 N–H and O–H groups in total. The summed E-state index contributed by atoms with van der Waals surface area (Å²) < 4.78 is 3.49. The van der Waals surface area contributed by atoms with E-state index in [0.717, 1.165) is 54.5 Å². The fraction of sp³-hybridized carbons (Fsp3) is 0.385. The van der Waals surface area contributed by atoms with Crippen LogP contribution in [0.5, 0.6) is 0 Å². The van der Waals surface area contributed by atoms with Crippen LogP contribution in [-0.2, 0) is 6.54 Å². The third-order valence-electron chi connectivity index (χ3n) is 6.66. The minimum absolute atomic E-state index is 0.175. The van der Waals surface area contributed by atoms with Gasteiger partial charge >= 0.3 is 0 Å². The summed E-state index contributed by atoms with van der Waals surface area (Å²) in [6, 6.07) is 13.3. The molecule has 0 unspecified atom stereocenters. The quantitative estimate of drug-likeness (QED) is 0.475. The van der Waals surface area contributed by atoms with Crippen LogP contribution in [-0.4, -0.2) is 67.8 Å². The summed E-state index contributed by atoms with van der Waals surface area (Å²) in [6.45, 7) is 9.69. The summed E-state index contributed by atoms with van der Waals surface area (Å²) in [5.41, 5.74) is 4.93. The van der Waals surface area contributed by atoms with E-state index < -0.39 is 6.10 Å². The highest BCUT2D eigenvalue weighted by molar-refractivity contribution is 5.84. The first-order chi connectivity index (χ1) is 16.9. The van der Waals surface area contributed by atoms with Gasteiger partial charge in [-0.05, 0) is 44.5 Å². The molecular weight excluding hydrogens is 442 g/mol. The number of fused-ring (bicyclic) bond motifs is 3. The lowest BCUT2D eigenvalue weighted by Crippen LogP contribution is -2.49. The Morgan fingerprint density at radius 2 is 1.66 bits per heavy atom. The molecular formula is C26H29N7O2. The van der Waals surface area contributed by atoms with Crippen LogP contribution >= 0.6 is 0 Å². The Morgan fingerprint density at radius 1 is 1.00 bits per heavy atom. The maximum Gasteiger partial charge on any atom is 0.257 e. The summed E-state index contributed by atoms with van der Waals surface area (Å²) in [6.07, 6.45) is -0.666. The molecule has 1 aliphatic rings. The van der Waals surface area contributed by atoms with Gasteiger partial charge in [0.2, 0.25) is 5.95 Å². The SMILES string of the molecule is Cc1cc(C)nc(N2CCN(C[C@H](O)Cn3c4ccccc4n4c(=O)cc(C)c(C#N)c34)CC2)n1. The standard InChI is InChI=1S/C26H29N7O2/c1-17-12-24(35)33-23-7-5-4-6-22(23)32(25(33)21(17)14-27)16-20(34)15-30-8-10-31(11-9-30)26-28-18(2)13-19(3)29-26/h4-7,12-13,20,34H,8-11,15-16H2,1-3H3/t20-/m0/s1. The molecule has 0 saturated carbocycles. The lowest BCUT2D eigenvalue weighted by atomic mass is 10.1. The first kappa shape index (κ1) is 23.0. The Bertz CT molecular complexity index is 1490. The molecule has 1 atom stereocenters. The molecule has 1 saturated heterocycles. The monoisotopic (exact) mass is 471 g/mol. The van der Waals surface area contributed by atoms with Crippen LogP contribution in [0.2, 0.25) is 0 Å². The van der Waals surface area contributed by atoms with Gasteiger partial charge in [0.1, 0.15) is 11.7 Å². The van der Waals surface area contributed by atoms with Gasteiger partial charge in [-0.15, -0.1) is 0 Å². The van der Waals surface area contributed by atoms with Gasteiger partial charge in [-0.3, -0.25) is 14.1 Å². The third-order valence-corrected chi connectivity index (χ3v) is 6.66. The van der Waals surface area contributed by atoms with Gasteiger partial charge < -0.3 is 14.6 Å². The van der Waals surface area contributed by atoms with Gasteiger partial charge in [-0.1, -0.05) is 12.1 Å². The Morgan fingerprint density at radius 3 is 2.31 bits per heavy atom. The predicted octanol–water partition coefficient (Wildman–Crippen LogP) is 2.02. The van der Waals surface area contributed by atoms with Crippen LogP contribution in [0.3, 0.4) is 0 Å². The van der Waals surface area contributed by atoms with E-state index in [1.165, 1.54) is 6.07 Å². The number of nitriles is 1. The summed E-state index contributed by atoms with van der Waals surface area (Å²) in [5.74, 6) is 0.762. The highest BCUT2D eigenvalue weighted by Gasteiger charge is 2.23. The smallest absolute Gasteiger partial charge is 0.257 e. The van der Waals surface area contributed by atoms with E-state index in [1.807, 2.05) is 48.7 Å². The Labute approximate surface area is 203 Å². The fourth-order valence-electron chi connectivity index (χ4n) is 5.07. The van der Waals surface area contributed by atoms with Gasteiger partial charge in [0, 0.05) is 50.2 Å². The largest absolute Gasteiger partial charge is 0.390 e. The van der Waals surface area contributed by atoms with Crippen molar-refractivity contribution in [3.8, 4) is 6.07 Å². The number of aromatic nitrogens is 4. The second-order valence-corrected chi connectivity index (χ2v) is 9.30. The zero-order valence-corrected chi connectivity index (χ0v) is 20.3. The number of imidazole rings is 1. The van der Waals surface area contributed by atoms with Crippen molar-refractivity contribution >= 4 is 22.6 Å². The van der Waals surface area contributed by atoms with Crippen LogP contribution < -0.4 is 10.5 Å². The number of hydrogen-bond donors (Lipinski definition) is 1. The molecule has 1 fully saturated rings. The molecule has 0 radical (unpaired) electrons. The average Bonchev–Trinajstić information content (AvgIpc) is 3.13. The van der Waals surface area contributed by atoms with Gasteiger partial charge in [-0.2, -0.15) is 5.26 Å². The van der Waals surface area contributed by atoms with Crippen molar-refractivity contribution in [3.63, 3.8) is 0 Å². The lowest BCUT2D eigenvalue weighted by Gasteiger charge is -2.35. The number of para-hydroxylation sites is 2.